The second-order valence-electron chi connectivity index (χ2n) is 5.05. The van der Waals surface area contributed by atoms with Crippen LogP contribution in [-0.2, 0) is 6.54 Å². The Balaban J connectivity index is 1.58. The number of nitrogens with one attached hydrogen (secondary N) is 1. The van der Waals surface area contributed by atoms with Gasteiger partial charge in [-0.1, -0.05) is 17.3 Å². The van der Waals surface area contributed by atoms with Crippen molar-refractivity contribution < 1.29 is 0 Å². The van der Waals surface area contributed by atoms with Crippen molar-refractivity contribution in [2.24, 2.45) is 0 Å². The summed E-state index contributed by atoms with van der Waals surface area (Å²) >= 11 is 0. The third-order valence-electron chi connectivity index (χ3n) is 3.46. The van der Waals surface area contributed by atoms with Gasteiger partial charge in [0, 0.05) is 11.8 Å². The van der Waals surface area contributed by atoms with Gasteiger partial charge in [-0.3, -0.25) is 0 Å². The summed E-state index contributed by atoms with van der Waals surface area (Å²) in [4.78, 5) is 11.8. The molecule has 4 aromatic rings. The molecule has 0 atom stereocenters. The van der Waals surface area contributed by atoms with E-state index in [1.165, 1.54) is 0 Å². The molecule has 23 heavy (non-hydrogen) atoms. The highest BCUT2D eigenvalue weighted by Crippen LogP contribution is 2.16. The number of benzene rings is 1. The van der Waals surface area contributed by atoms with Gasteiger partial charge in [0.15, 0.2) is 0 Å². The van der Waals surface area contributed by atoms with E-state index in [0.717, 1.165) is 22.4 Å². The van der Waals surface area contributed by atoms with Gasteiger partial charge >= 0.3 is 0 Å². The van der Waals surface area contributed by atoms with Crippen LogP contribution < -0.4 is 0 Å². The van der Waals surface area contributed by atoms with Crippen molar-refractivity contribution in [1.29, 1.82) is 5.26 Å². The molecule has 0 saturated carbocycles. The van der Waals surface area contributed by atoms with Crippen molar-refractivity contribution in [2.45, 2.75) is 6.54 Å². The minimum absolute atomic E-state index is 0.378. The Labute approximate surface area is 131 Å². The number of aromatic nitrogens is 6. The molecule has 0 spiro atoms. The third kappa shape index (κ3) is 2.53. The second-order valence-corrected chi connectivity index (χ2v) is 5.05. The molecule has 0 aliphatic heterocycles. The van der Waals surface area contributed by atoms with Crippen molar-refractivity contribution in [3.8, 4) is 17.3 Å². The Morgan fingerprint density at radius 3 is 2.87 bits per heavy atom. The lowest BCUT2D eigenvalue weighted by molar-refractivity contribution is 0.631. The molecule has 0 unspecified atom stereocenters. The van der Waals surface area contributed by atoms with E-state index >= 15 is 0 Å². The number of hydrogen-bond acceptors (Lipinski definition) is 5. The minimum atomic E-state index is 0.378. The van der Waals surface area contributed by atoms with E-state index in [2.05, 4.69) is 25.3 Å². The topological polar surface area (TPSA) is 96.1 Å². The number of hydrogen-bond donors (Lipinski definition) is 1. The fourth-order valence-electron chi connectivity index (χ4n) is 2.35. The summed E-state index contributed by atoms with van der Waals surface area (Å²) in [5.41, 5.74) is 3.83. The van der Waals surface area contributed by atoms with Crippen molar-refractivity contribution >= 4 is 11.0 Å². The summed E-state index contributed by atoms with van der Waals surface area (Å²) < 4.78 is 1.71. The molecule has 0 aliphatic rings. The van der Waals surface area contributed by atoms with E-state index < -0.39 is 0 Å². The van der Waals surface area contributed by atoms with Crippen LogP contribution in [0.2, 0.25) is 0 Å². The summed E-state index contributed by atoms with van der Waals surface area (Å²) in [6.07, 6.45) is 3.45. The van der Waals surface area contributed by atoms with Crippen LogP contribution in [0.5, 0.6) is 0 Å². The number of H-pyrrole nitrogens is 1. The van der Waals surface area contributed by atoms with Gasteiger partial charge in [-0.25, -0.2) is 14.6 Å². The molecule has 1 N–H and O–H groups in total. The van der Waals surface area contributed by atoms with Crippen LogP contribution >= 0.6 is 0 Å². The lowest BCUT2D eigenvalue weighted by Gasteiger charge is -1.96. The van der Waals surface area contributed by atoms with Gasteiger partial charge in [0.25, 0.3) is 0 Å². The normalized spacial score (nSPS) is 10.7. The monoisotopic (exact) mass is 301 g/mol. The number of imidazole rings is 1. The Morgan fingerprint density at radius 1 is 1.17 bits per heavy atom. The predicted molar refractivity (Wildman–Crippen MR) is 83.2 cm³/mol. The molecule has 0 fully saturated rings. The fourth-order valence-corrected chi connectivity index (χ4v) is 2.35. The van der Waals surface area contributed by atoms with E-state index in [1.807, 2.05) is 36.5 Å². The molecule has 0 aliphatic carbocycles. The molecule has 0 bridgehead atoms. The second kappa shape index (κ2) is 5.35. The first-order valence-electron chi connectivity index (χ1n) is 7.02. The standard InChI is InChI=1S/C16H11N7/c17-7-12-6-5-11(8-18-12)15-9-23(22-21-15)10-16-19-13-3-1-2-4-14(13)20-16/h1-6,8-9H,10H2,(H,19,20). The van der Waals surface area contributed by atoms with Crippen LogP contribution in [0.4, 0.5) is 0 Å². The molecule has 3 heterocycles. The average molecular weight is 301 g/mol. The van der Waals surface area contributed by atoms with Crippen molar-refractivity contribution in [3.05, 3.63) is 60.3 Å². The van der Waals surface area contributed by atoms with Crippen LogP contribution in [0.1, 0.15) is 11.5 Å². The predicted octanol–water partition coefficient (Wildman–Crippen LogP) is 2.14. The van der Waals surface area contributed by atoms with Crippen LogP contribution in [0.3, 0.4) is 0 Å². The van der Waals surface area contributed by atoms with Crippen molar-refractivity contribution in [2.75, 3.05) is 0 Å². The lowest BCUT2D eigenvalue weighted by Crippen LogP contribution is -2.01. The largest absolute Gasteiger partial charge is 0.340 e. The van der Waals surface area contributed by atoms with Crippen LogP contribution in [0, 0.1) is 11.3 Å². The summed E-state index contributed by atoms with van der Waals surface area (Å²) in [6.45, 7) is 0.505. The zero-order chi connectivity index (χ0) is 15.6. The van der Waals surface area contributed by atoms with E-state index in [-0.39, 0.29) is 0 Å². The highest BCUT2D eigenvalue weighted by molar-refractivity contribution is 5.74. The molecule has 0 amide bonds. The Kier molecular flexibility index (Phi) is 3.06. The fraction of sp³-hybridized carbons (Fsp3) is 0.0625. The zero-order valence-corrected chi connectivity index (χ0v) is 12.0. The van der Waals surface area contributed by atoms with Gasteiger partial charge in [0.1, 0.15) is 29.8 Å². The lowest BCUT2D eigenvalue weighted by atomic mass is 10.2. The SMILES string of the molecule is N#Cc1ccc(-c2cn(Cc3nc4ccccc4[nH]3)nn2)cn1. The maximum atomic E-state index is 8.77. The van der Waals surface area contributed by atoms with Gasteiger partial charge in [-0.05, 0) is 24.3 Å². The van der Waals surface area contributed by atoms with Crippen LogP contribution in [0.25, 0.3) is 22.3 Å². The smallest absolute Gasteiger partial charge is 0.140 e. The minimum Gasteiger partial charge on any atom is -0.340 e. The van der Waals surface area contributed by atoms with Crippen LogP contribution in [0.15, 0.2) is 48.8 Å². The maximum Gasteiger partial charge on any atom is 0.140 e. The number of para-hydroxylation sites is 2. The molecule has 7 nitrogen and oxygen atoms in total. The third-order valence-corrected chi connectivity index (χ3v) is 3.46. The molecular formula is C16H11N7. The van der Waals surface area contributed by atoms with Gasteiger partial charge in [0.05, 0.1) is 17.2 Å². The maximum absolute atomic E-state index is 8.77. The van der Waals surface area contributed by atoms with E-state index in [4.69, 9.17) is 5.26 Å². The number of aromatic amines is 1. The van der Waals surface area contributed by atoms with Crippen molar-refractivity contribution in [3.63, 3.8) is 0 Å². The molecule has 110 valence electrons. The Bertz CT molecular complexity index is 972. The molecule has 1 aromatic carbocycles. The Morgan fingerprint density at radius 2 is 2.09 bits per heavy atom. The summed E-state index contributed by atoms with van der Waals surface area (Å²) in [5, 5.41) is 17.0. The highest BCUT2D eigenvalue weighted by Gasteiger charge is 2.07. The van der Waals surface area contributed by atoms with Gasteiger partial charge < -0.3 is 4.98 Å². The molecular weight excluding hydrogens is 290 g/mol. The number of nitrogens with zero attached hydrogens (tertiary/aromatic N) is 6. The molecule has 7 heteroatoms. The molecule has 0 radical (unpaired) electrons. The zero-order valence-electron chi connectivity index (χ0n) is 12.0. The van der Waals surface area contributed by atoms with E-state index in [1.54, 1.807) is 23.0 Å². The number of pyridine rings is 1. The van der Waals surface area contributed by atoms with Gasteiger partial charge in [0.2, 0.25) is 0 Å². The highest BCUT2D eigenvalue weighted by atomic mass is 15.4. The van der Waals surface area contributed by atoms with Crippen molar-refractivity contribution in [1.82, 2.24) is 29.9 Å². The molecule has 0 saturated heterocycles. The number of rotatable bonds is 3. The summed E-state index contributed by atoms with van der Waals surface area (Å²) in [6, 6.07) is 13.3. The first-order valence-corrected chi connectivity index (χ1v) is 7.02. The van der Waals surface area contributed by atoms with E-state index in [9.17, 15) is 0 Å². The Hall–Kier alpha value is -3.53. The van der Waals surface area contributed by atoms with Crippen LogP contribution in [-0.4, -0.2) is 29.9 Å². The first-order chi connectivity index (χ1) is 11.3. The van der Waals surface area contributed by atoms with E-state index in [0.29, 0.717) is 17.9 Å². The van der Waals surface area contributed by atoms with Gasteiger partial charge in [-0.2, -0.15) is 5.26 Å². The average Bonchev–Trinajstić information content (AvgIpc) is 3.21. The quantitative estimate of drug-likeness (QED) is 0.625. The number of fused-ring (bicyclic) bond motifs is 1. The molecule has 4 rings (SSSR count). The first kappa shape index (κ1) is 13.2. The van der Waals surface area contributed by atoms with Gasteiger partial charge in [-0.15, -0.1) is 5.10 Å². The summed E-state index contributed by atoms with van der Waals surface area (Å²) in [5.74, 6) is 0.820. The summed E-state index contributed by atoms with van der Waals surface area (Å²) in [7, 11) is 0. The molecule has 3 aromatic heterocycles. The number of nitriles is 1.